The lowest BCUT2D eigenvalue weighted by Crippen LogP contribution is -2.39. The topological polar surface area (TPSA) is 115 Å². The summed E-state index contributed by atoms with van der Waals surface area (Å²) in [4.78, 5) is 41.9. The van der Waals surface area contributed by atoms with Crippen LogP contribution in [0, 0.1) is 24.5 Å². The van der Waals surface area contributed by atoms with Crippen LogP contribution < -0.4 is 20.5 Å². The summed E-state index contributed by atoms with van der Waals surface area (Å²) in [6.07, 6.45) is 2.08. The zero-order valence-electron chi connectivity index (χ0n) is 23.5. The van der Waals surface area contributed by atoms with Gasteiger partial charge in [0.2, 0.25) is 5.91 Å². The molecule has 43 heavy (non-hydrogen) atoms. The molecule has 13 heteroatoms. The van der Waals surface area contributed by atoms with E-state index in [1.54, 1.807) is 19.2 Å². The lowest BCUT2D eigenvalue weighted by Gasteiger charge is -2.26. The van der Waals surface area contributed by atoms with Crippen LogP contribution in [0.5, 0.6) is 5.75 Å². The van der Waals surface area contributed by atoms with E-state index >= 15 is 8.78 Å². The number of carbonyl (C=O) groups is 2. The molecule has 2 atom stereocenters. The Kier molecular flexibility index (Phi) is 8.62. The maximum absolute atomic E-state index is 15.3. The van der Waals surface area contributed by atoms with Crippen molar-refractivity contribution in [2.45, 2.75) is 31.7 Å². The molecule has 2 saturated heterocycles. The Hall–Kier alpha value is -3.77. The summed E-state index contributed by atoms with van der Waals surface area (Å²) >= 11 is 5.91. The summed E-state index contributed by atoms with van der Waals surface area (Å²) in [7, 11) is -1.90. The van der Waals surface area contributed by atoms with E-state index in [9.17, 15) is 22.8 Å². The van der Waals surface area contributed by atoms with Gasteiger partial charge in [-0.05, 0) is 55.7 Å². The number of amides is 2. The number of methoxy groups -OCH3 is 1. The molecule has 2 aromatic carbocycles. The quantitative estimate of drug-likeness (QED) is 0.420. The molecule has 2 fully saturated rings. The second-order valence-corrected chi connectivity index (χ2v) is 13.6. The zero-order valence-corrected chi connectivity index (χ0v) is 25.1. The number of pyridine rings is 1. The van der Waals surface area contributed by atoms with Crippen LogP contribution in [0.25, 0.3) is 0 Å². The number of nitrogens with one attached hydrogen (secondary N) is 1. The van der Waals surface area contributed by atoms with Crippen molar-refractivity contribution in [3.05, 3.63) is 92.4 Å². The molecule has 1 unspecified atom stereocenters. The third-order valence-electron chi connectivity index (χ3n) is 8.18. The molecule has 5 rings (SSSR count). The van der Waals surface area contributed by atoms with Crippen LogP contribution in [0.1, 0.15) is 46.3 Å². The Morgan fingerprint density at radius 1 is 1.07 bits per heavy atom. The average molecular weight is 634 g/mol. The fraction of sp³-hybridized carbons (Fsp3) is 0.367. The van der Waals surface area contributed by atoms with Gasteiger partial charge in [0.15, 0.2) is 0 Å². The van der Waals surface area contributed by atoms with Gasteiger partial charge >= 0.3 is 0 Å². The Bertz CT molecular complexity index is 1710. The molecule has 0 bridgehead atoms. The van der Waals surface area contributed by atoms with Gasteiger partial charge in [-0.25, -0.2) is 17.2 Å². The minimum absolute atomic E-state index is 0.0381. The van der Waals surface area contributed by atoms with Crippen LogP contribution in [0.15, 0.2) is 53.5 Å². The third kappa shape index (κ3) is 6.16. The predicted octanol–water partition coefficient (Wildman–Crippen LogP) is 4.02. The molecule has 1 N–H and O–H groups in total. The number of halogens is 3. The molecule has 0 spiro atoms. The van der Waals surface area contributed by atoms with Crippen LogP contribution in [0.2, 0.25) is 5.02 Å². The zero-order chi connectivity index (χ0) is 31.1. The summed E-state index contributed by atoms with van der Waals surface area (Å²) in [6.45, 7) is 1.17. The highest BCUT2D eigenvalue weighted by Crippen LogP contribution is 2.40. The number of nitrogens with zero attached hydrogens (tertiary/aromatic N) is 2. The number of rotatable bonds is 7. The minimum atomic E-state index is -3.17. The number of anilines is 1. The molecule has 0 aliphatic carbocycles. The molecule has 2 aliphatic rings. The van der Waals surface area contributed by atoms with Crippen molar-refractivity contribution in [3.8, 4) is 5.75 Å². The first kappa shape index (κ1) is 30.7. The normalized spacial score (nSPS) is 20.3. The molecular formula is C30H30ClF2N3O6S. The Labute approximate surface area is 252 Å². The van der Waals surface area contributed by atoms with Gasteiger partial charge in [0, 0.05) is 59.5 Å². The van der Waals surface area contributed by atoms with Crippen LogP contribution in [0.3, 0.4) is 0 Å². The predicted molar refractivity (Wildman–Crippen MR) is 158 cm³/mol. The van der Waals surface area contributed by atoms with Crippen LogP contribution in [-0.4, -0.2) is 56.5 Å². The van der Waals surface area contributed by atoms with Crippen LogP contribution in [-0.2, 0) is 14.6 Å². The van der Waals surface area contributed by atoms with Gasteiger partial charge in [0.05, 0.1) is 24.5 Å². The first-order valence-electron chi connectivity index (χ1n) is 13.7. The lowest BCUT2D eigenvalue weighted by molar-refractivity contribution is -0.120. The van der Waals surface area contributed by atoms with Gasteiger partial charge in [0.25, 0.3) is 11.5 Å². The third-order valence-corrected chi connectivity index (χ3v) is 10.1. The summed E-state index contributed by atoms with van der Waals surface area (Å²) in [5, 5.41) is 3.12. The van der Waals surface area contributed by atoms with Crippen molar-refractivity contribution in [2.75, 3.05) is 36.6 Å². The number of aryl methyl sites for hydroxylation is 1. The molecule has 2 aliphatic heterocycles. The van der Waals surface area contributed by atoms with Crippen molar-refractivity contribution >= 4 is 38.9 Å². The number of sulfone groups is 1. The van der Waals surface area contributed by atoms with Crippen molar-refractivity contribution in [2.24, 2.45) is 5.92 Å². The number of aromatic nitrogens is 1. The first-order chi connectivity index (χ1) is 20.4. The lowest BCUT2D eigenvalue weighted by atomic mass is 9.87. The van der Waals surface area contributed by atoms with Gasteiger partial charge in [-0.1, -0.05) is 11.6 Å². The summed E-state index contributed by atoms with van der Waals surface area (Å²) in [5.41, 5.74) is -0.0573. The monoisotopic (exact) mass is 633 g/mol. The van der Waals surface area contributed by atoms with E-state index < -0.39 is 50.7 Å². The minimum Gasteiger partial charge on any atom is -0.497 e. The molecule has 3 aromatic rings. The van der Waals surface area contributed by atoms with Gasteiger partial charge in [-0.15, -0.1) is 0 Å². The van der Waals surface area contributed by atoms with E-state index in [0.29, 0.717) is 10.6 Å². The smallest absolute Gasteiger partial charge is 0.275 e. The summed E-state index contributed by atoms with van der Waals surface area (Å²) in [5.74, 6) is -5.25. The Morgan fingerprint density at radius 2 is 1.70 bits per heavy atom. The average Bonchev–Trinajstić information content (AvgIpc) is 3.27. The van der Waals surface area contributed by atoms with Crippen LogP contribution in [0.4, 0.5) is 14.5 Å². The molecular weight excluding hydrogens is 604 g/mol. The highest BCUT2D eigenvalue weighted by molar-refractivity contribution is 7.91. The van der Waals surface area contributed by atoms with Crippen molar-refractivity contribution in [3.63, 3.8) is 0 Å². The van der Waals surface area contributed by atoms with E-state index in [1.165, 1.54) is 40.8 Å². The molecule has 228 valence electrons. The molecule has 2 amide bonds. The fourth-order valence-corrected chi connectivity index (χ4v) is 7.44. The van der Waals surface area contributed by atoms with Crippen molar-refractivity contribution < 1.29 is 31.5 Å². The number of ether oxygens (including phenoxy) is 1. The van der Waals surface area contributed by atoms with E-state index in [4.69, 9.17) is 16.3 Å². The summed E-state index contributed by atoms with van der Waals surface area (Å²) in [6, 6.07) is 9.41. The molecule has 9 nitrogen and oxygen atoms in total. The maximum atomic E-state index is 15.3. The molecule has 0 radical (unpaired) electrons. The first-order valence-corrected chi connectivity index (χ1v) is 15.9. The number of hydrogen-bond acceptors (Lipinski definition) is 6. The van der Waals surface area contributed by atoms with E-state index in [2.05, 4.69) is 5.32 Å². The standard InChI is InChI=1S/C30H30ClF2N3O6S/c1-17-7-10-35(20-8-11-43(40,41)12-9-20)30(39)27(17)36-16-23(26-24(32)13-21(42-2)14-25(26)33)22(29(36)38)15-34-28(37)18-3-5-19(31)6-4-18/h3-7,10,13-14,20,22-23H,8-9,11-12,15-16H2,1-2H3,(H,34,37)/t22?,23-/m1/s1. The highest BCUT2D eigenvalue weighted by Gasteiger charge is 2.45. The molecule has 0 saturated carbocycles. The Balaban J connectivity index is 1.51. The Morgan fingerprint density at radius 3 is 2.30 bits per heavy atom. The fourth-order valence-electron chi connectivity index (χ4n) is 5.85. The number of carbonyl (C=O) groups excluding carboxylic acids is 2. The second kappa shape index (κ2) is 12.1. The van der Waals surface area contributed by atoms with Gasteiger partial charge in [-0.3, -0.25) is 14.4 Å². The van der Waals surface area contributed by atoms with E-state index in [1.807, 2.05) is 0 Å². The number of benzene rings is 2. The van der Waals surface area contributed by atoms with Crippen LogP contribution >= 0.6 is 11.6 Å². The number of hydrogen-bond donors (Lipinski definition) is 1. The van der Waals surface area contributed by atoms with Gasteiger partial charge in [0.1, 0.15) is 32.9 Å². The maximum Gasteiger partial charge on any atom is 0.275 e. The van der Waals surface area contributed by atoms with Gasteiger partial charge in [-0.2, -0.15) is 0 Å². The second-order valence-electron chi connectivity index (χ2n) is 10.8. The van der Waals surface area contributed by atoms with E-state index in [0.717, 1.165) is 12.1 Å². The molecule has 1 aromatic heterocycles. The van der Waals surface area contributed by atoms with E-state index in [-0.39, 0.29) is 66.0 Å². The summed E-state index contributed by atoms with van der Waals surface area (Å²) < 4.78 is 61.0. The highest BCUT2D eigenvalue weighted by atomic mass is 35.5. The van der Waals surface area contributed by atoms with Crippen molar-refractivity contribution in [1.82, 2.24) is 9.88 Å². The largest absolute Gasteiger partial charge is 0.497 e. The van der Waals surface area contributed by atoms with Gasteiger partial charge < -0.3 is 19.5 Å². The van der Waals surface area contributed by atoms with Crippen molar-refractivity contribution in [1.29, 1.82) is 0 Å². The molecule has 3 heterocycles. The SMILES string of the molecule is COc1cc(F)c([C@@H]2CN(c3c(C)ccn(C4CCS(=O)(=O)CC4)c3=O)C(=O)C2CNC(=O)c2ccc(Cl)cc2)c(F)c1.